The Kier molecular flexibility index (Phi) is 3.85. The van der Waals surface area contributed by atoms with Gasteiger partial charge >= 0.3 is 6.18 Å². The number of alkyl halides is 3. The van der Waals surface area contributed by atoms with Crippen molar-refractivity contribution in [3.05, 3.63) is 24.0 Å². The molecule has 0 amide bonds. The first kappa shape index (κ1) is 15.6. The van der Waals surface area contributed by atoms with E-state index in [-0.39, 0.29) is 24.1 Å². The number of aromatic nitrogens is 2. The molecule has 0 saturated heterocycles. The maximum absolute atomic E-state index is 13.0. The van der Waals surface area contributed by atoms with Gasteiger partial charge in [-0.05, 0) is 18.2 Å². The summed E-state index contributed by atoms with van der Waals surface area (Å²) in [6.45, 7) is -0.361. The zero-order valence-electron chi connectivity index (χ0n) is 11.0. The van der Waals surface area contributed by atoms with Gasteiger partial charge in [-0.3, -0.25) is 0 Å². The molecule has 1 aromatic carbocycles. The van der Waals surface area contributed by atoms with E-state index in [0.29, 0.717) is 5.69 Å². The first-order valence-corrected chi connectivity index (χ1v) is 7.74. The number of imidazole rings is 1. The number of hydrogen-bond acceptors (Lipinski definition) is 4. The number of anilines is 1. The van der Waals surface area contributed by atoms with Crippen LogP contribution in [0.3, 0.4) is 0 Å². The summed E-state index contributed by atoms with van der Waals surface area (Å²) >= 11 is 0. The molecular formula is C11H13F3N4O2S. The highest BCUT2D eigenvalue weighted by Gasteiger charge is 2.37. The first-order valence-electron chi connectivity index (χ1n) is 5.85. The molecule has 0 fully saturated rings. The minimum absolute atomic E-state index is 0.113. The second-order valence-electron chi connectivity index (χ2n) is 4.50. The minimum atomic E-state index is -4.64. The second-order valence-corrected chi connectivity index (χ2v) is 6.33. The van der Waals surface area contributed by atoms with E-state index < -0.39 is 22.0 Å². The third kappa shape index (κ3) is 3.64. The number of rotatable bonds is 4. The van der Waals surface area contributed by atoms with Gasteiger partial charge in [-0.25, -0.2) is 18.1 Å². The molecule has 1 heterocycles. The van der Waals surface area contributed by atoms with Crippen molar-refractivity contribution in [2.45, 2.75) is 12.7 Å². The monoisotopic (exact) mass is 322 g/mol. The molecular weight excluding hydrogens is 309 g/mol. The van der Waals surface area contributed by atoms with Crippen LogP contribution in [0.4, 0.5) is 18.9 Å². The number of nitrogens with two attached hydrogens (primary N) is 1. The number of benzene rings is 1. The summed E-state index contributed by atoms with van der Waals surface area (Å²) in [5.74, 6) is -1.08. The Morgan fingerprint density at radius 1 is 1.38 bits per heavy atom. The normalized spacial score (nSPS) is 13.0. The molecule has 10 heteroatoms. The van der Waals surface area contributed by atoms with Crippen LogP contribution in [-0.2, 0) is 22.7 Å². The van der Waals surface area contributed by atoms with E-state index in [0.717, 1.165) is 10.8 Å². The quantitative estimate of drug-likeness (QED) is 0.827. The Bertz CT molecular complexity index is 768. The molecule has 0 atom stereocenters. The van der Waals surface area contributed by atoms with Gasteiger partial charge in [0.15, 0.2) is 0 Å². The van der Waals surface area contributed by atoms with Crippen LogP contribution >= 0.6 is 0 Å². The predicted octanol–water partition coefficient (Wildman–Crippen LogP) is 1.19. The van der Waals surface area contributed by atoms with Crippen molar-refractivity contribution in [3.8, 4) is 0 Å². The minimum Gasteiger partial charge on any atom is -0.399 e. The third-order valence-corrected chi connectivity index (χ3v) is 3.45. The highest BCUT2D eigenvalue weighted by atomic mass is 32.2. The van der Waals surface area contributed by atoms with Gasteiger partial charge in [0, 0.05) is 18.8 Å². The fraction of sp³-hybridized carbons (Fsp3) is 0.364. The first-order chi connectivity index (χ1) is 9.58. The van der Waals surface area contributed by atoms with E-state index >= 15 is 0 Å². The van der Waals surface area contributed by atoms with Gasteiger partial charge in [-0.2, -0.15) is 13.2 Å². The van der Waals surface area contributed by atoms with Crippen molar-refractivity contribution >= 4 is 26.7 Å². The van der Waals surface area contributed by atoms with Gasteiger partial charge in [0.05, 0.1) is 17.3 Å². The topological polar surface area (TPSA) is 90.0 Å². The van der Waals surface area contributed by atoms with Crippen LogP contribution < -0.4 is 10.5 Å². The zero-order valence-corrected chi connectivity index (χ0v) is 11.8. The van der Waals surface area contributed by atoms with Gasteiger partial charge in [0.1, 0.15) is 0 Å². The average Bonchev–Trinajstić information content (AvgIpc) is 2.65. The predicted molar refractivity (Wildman–Crippen MR) is 72.0 cm³/mol. The molecule has 0 spiro atoms. The SMILES string of the molecule is CS(=O)(=O)NCCn1c(C(F)(F)F)nc2cc(N)ccc21. The summed E-state index contributed by atoms with van der Waals surface area (Å²) in [4.78, 5) is 3.54. The van der Waals surface area contributed by atoms with E-state index in [2.05, 4.69) is 9.71 Å². The number of sulfonamides is 1. The van der Waals surface area contributed by atoms with Crippen LogP contribution in [0.2, 0.25) is 0 Å². The number of fused-ring (bicyclic) bond motifs is 1. The summed E-state index contributed by atoms with van der Waals surface area (Å²) in [5.41, 5.74) is 6.18. The van der Waals surface area contributed by atoms with Gasteiger partial charge in [-0.15, -0.1) is 0 Å². The highest BCUT2D eigenvalue weighted by Crippen LogP contribution is 2.31. The Morgan fingerprint density at radius 2 is 2.05 bits per heavy atom. The summed E-state index contributed by atoms with van der Waals surface area (Å²) < 4.78 is 64.0. The van der Waals surface area contributed by atoms with Crippen LogP contribution in [0.1, 0.15) is 5.82 Å². The van der Waals surface area contributed by atoms with E-state index in [1.54, 1.807) is 0 Å². The maximum atomic E-state index is 13.0. The lowest BCUT2D eigenvalue weighted by Gasteiger charge is -2.11. The van der Waals surface area contributed by atoms with Crippen molar-refractivity contribution in [1.82, 2.24) is 14.3 Å². The Hall–Kier alpha value is -1.81. The summed E-state index contributed by atoms with van der Waals surface area (Å²) in [5, 5.41) is 0. The lowest BCUT2D eigenvalue weighted by atomic mass is 10.3. The average molecular weight is 322 g/mol. The molecule has 0 saturated carbocycles. The fourth-order valence-electron chi connectivity index (χ4n) is 1.93. The summed E-state index contributed by atoms with van der Waals surface area (Å²) in [6.07, 6.45) is -3.71. The molecule has 6 nitrogen and oxygen atoms in total. The number of hydrogen-bond donors (Lipinski definition) is 2. The van der Waals surface area contributed by atoms with Gasteiger partial charge in [0.25, 0.3) is 0 Å². The van der Waals surface area contributed by atoms with E-state index in [4.69, 9.17) is 5.73 Å². The zero-order chi connectivity index (χ0) is 15.8. The lowest BCUT2D eigenvalue weighted by molar-refractivity contribution is -0.146. The van der Waals surface area contributed by atoms with Crippen LogP contribution in [0.25, 0.3) is 11.0 Å². The number of nitrogen functional groups attached to an aromatic ring is 1. The smallest absolute Gasteiger partial charge is 0.399 e. The summed E-state index contributed by atoms with van der Waals surface area (Å²) in [6, 6.07) is 4.23. The van der Waals surface area contributed by atoms with E-state index in [9.17, 15) is 21.6 Å². The number of halogens is 3. The molecule has 0 bridgehead atoms. The molecule has 2 rings (SSSR count). The van der Waals surface area contributed by atoms with E-state index in [1.807, 2.05) is 0 Å². The third-order valence-electron chi connectivity index (χ3n) is 2.73. The largest absolute Gasteiger partial charge is 0.449 e. The Balaban J connectivity index is 2.43. The van der Waals surface area contributed by atoms with Gasteiger partial charge in [0.2, 0.25) is 15.8 Å². The van der Waals surface area contributed by atoms with Crippen LogP contribution in [0, 0.1) is 0 Å². The molecule has 116 valence electrons. The second kappa shape index (κ2) is 5.19. The molecule has 21 heavy (non-hydrogen) atoms. The van der Waals surface area contributed by atoms with Gasteiger partial charge in [-0.1, -0.05) is 0 Å². The molecule has 0 unspecified atom stereocenters. The number of nitrogens with one attached hydrogen (secondary N) is 1. The molecule has 0 aliphatic carbocycles. The van der Waals surface area contributed by atoms with Crippen molar-refractivity contribution in [1.29, 1.82) is 0 Å². The lowest BCUT2D eigenvalue weighted by Crippen LogP contribution is -2.27. The molecule has 0 aliphatic rings. The molecule has 0 aliphatic heterocycles. The summed E-state index contributed by atoms with van der Waals surface area (Å²) in [7, 11) is -3.47. The molecule has 2 aromatic rings. The van der Waals surface area contributed by atoms with Crippen molar-refractivity contribution in [3.63, 3.8) is 0 Å². The van der Waals surface area contributed by atoms with Gasteiger partial charge < -0.3 is 10.3 Å². The molecule has 0 radical (unpaired) electrons. The molecule has 3 N–H and O–H groups in total. The van der Waals surface area contributed by atoms with Crippen LogP contribution in [-0.4, -0.2) is 30.8 Å². The maximum Gasteiger partial charge on any atom is 0.449 e. The van der Waals surface area contributed by atoms with Crippen LogP contribution in [0.5, 0.6) is 0 Å². The highest BCUT2D eigenvalue weighted by molar-refractivity contribution is 7.88. The van der Waals surface area contributed by atoms with Crippen molar-refractivity contribution in [2.75, 3.05) is 18.5 Å². The van der Waals surface area contributed by atoms with Crippen molar-refractivity contribution in [2.24, 2.45) is 0 Å². The van der Waals surface area contributed by atoms with Crippen molar-refractivity contribution < 1.29 is 21.6 Å². The standard InChI is InChI=1S/C11H13F3N4O2S/c1-21(19,20)16-4-5-18-9-3-2-7(15)6-8(9)17-10(18)11(12,13)14/h2-3,6,16H,4-5,15H2,1H3. The van der Waals surface area contributed by atoms with Crippen LogP contribution in [0.15, 0.2) is 18.2 Å². The Labute approximate surface area is 118 Å². The molecule has 1 aromatic heterocycles. The number of nitrogens with zero attached hydrogens (tertiary/aromatic N) is 2. The van der Waals surface area contributed by atoms with E-state index in [1.165, 1.54) is 18.2 Å². The fourth-order valence-corrected chi connectivity index (χ4v) is 2.39. The Morgan fingerprint density at radius 3 is 2.62 bits per heavy atom.